The van der Waals surface area contributed by atoms with Crippen molar-refractivity contribution in [1.29, 1.82) is 0 Å². The summed E-state index contributed by atoms with van der Waals surface area (Å²) < 4.78 is 5.19. The first kappa shape index (κ1) is 15.2. The van der Waals surface area contributed by atoms with Crippen molar-refractivity contribution in [2.24, 2.45) is 5.73 Å². The van der Waals surface area contributed by atoms with Crippen LogP contribution in [0.25, 0.3) is 0 Å². The summed E-state index contributed by atoms with van der Waals surface area (Å²) in [5, 5.41) is 9.73. The van der Waals surface area contributed by atoms with Crippen LogP contribution in [0.1, 0.15) is 18.5 Å². The van der Waals surface area contributed by atoms with Crippen LogP contribution in [0.5, 0.6) is 11.5 Å². The van der Waals surface area contributed by atoms with Crippen LogP contribution in [0.4, 0.5) is 5.69 Å². The van der Waals surface area contributed by atoms with Gasteiger partial charge in [0, 0.05) is 18.8 Å². The van der Waals surface area contributed by atoms with E-state index in [9.17, 15) is 5.11 Å². The summed E-state index contributed by atoms with van der Waals surface area (Å²) in [4.78, 5) is 2.24. The fourth-order valence-electron chi connectivity index (χ4n) is 2.55. The second-order valence-electron chi connectivity index (χ2n) is 4.80. The molecule has 4 heteroatoms. The zero-order valence-corrected chi connectivity index (χ0v) is 12.5. The smallest absolute Gasteiger partial charge is 0.160 e. The standard InChI is InChI=1S/C17H22N2O2/c1-3-19(14-7-5-4-6-8-14)15(12-18)13-9-10-16(20)17(11-13)21-2/h4-11,15,20H,3,12,18H2,1-2H3. The molecule has 0 spiro atoms. The van der Waals surface area contributed by atoms with E-state index >= 15 is 0 Å². The number of para-hydroxylation sites is 1. The summed E-state index contributed by atoms with van der Waals surface area (Å²) in [5.41, 5.74) is 8.16. The largest absolute Gasteiger partial charge is 0.504 e. The molecule has 2 rings (SSSR count). The van der Waals surface area contributed by atoms with Crippen LogP contribution < -0.4 is 15.4 Å². The first-order chi connectivity index (χ1) is 10.2. The van der Waals surface area contributed by atoms with Gasteiger partial charge in [-0.05, 0) is 36.8 Å². The van der Waals surface area contributed by atoms with E-state index in [1.54, 1.807) is 13.2 Å². The molecule has 0 fully saturated rings. The molecule has 112 valence electrons. The van der Waals surface area contributed by atoms with Crippen LogP contribution in [-0.2, 0) is 0 Å². The van der Waals surface area contributed by atoms with Crippen molar-refractivity contribution in [2.45, 2.75) is 13.0 Å². The number of hydrogen-bond donors (Lipinski definition) is 2. The quantitative estimate of drug-likeness (QED) is 0.857. The van der Waals surface area contributed by atoms with Crippen LogP contribution >= 0.6 is 0 Å². The van der Waals surface area contributed by atoms with Crippen molar-refractivity contribution in [3.63, 3.8) is 0 Å². The SMILES string of the molecule is CCN(c1ccccc1)C(CN)c1ccc(O)c(OC)c1. The number of likely N-dealkylation sites (N-methyl/N-ethyl adjacent to an activating group) is 1. The Morgan fingerprint density at radius 3 is 2.48 bits per heavy atom. The van der Waals surface area contributed by atoms with Crippen molar-refractivity contribution >= 4 is 5.69 Å². The molecule has 2 aromatic carbocycles. The number of methoxy groups -OCH3 is 1. The summed E-state index contributed by atoms with van der Waals surface area (Å²) in [6.45, 7) is 3.43. The van der Waals surface area contributed by atoms with E-state index in [1.165, 1.54) is 0 Å². The Kier molecular flexibility index (Phi) is 5.06. The number of hydrogen-bond acceptors (Lipinski definition) is 4. The number of phenolic OH excluding ortho intramolecular Hbond substituents is 1. The number of rotatable bonds is 6. The lowest BCUT2D eigenvalue weighted by molar-refractivity contribution is 0.372. The van der Waals surface area contributed by atoms with Crippen LogP contribution in [0.2, 0.25) is 0 Å². The molecule has 1 atom stereocenters. The van der Waals surface area contributed by atoms with E-state index in [2.05, 4.69) is 24.0 Å². The average Bonchev–Trinajstić information content (AvgIpc) is 2.54. The van der Waals surface area contributed by atoms with Crippen LogP contribution in [0.3, 0.4) is 0 Å². The summed E-state index contributed by atoms with van der Waals surface area (Å²) in [7, 11) is 1.55. The van der Waals surface area contributed by atoms with Gasteiger partial charge in [0.15, 0.2) is 11.5 Å². The summed E-state index contributed by atoms with van der Waals surface area (Å²) in [5.74, 6) is 0.606. The minimum Gasteiger partial charge on any atom is -0.504 e. The normalized spacial score (nSPS) is 12.0. The maximum atomic E-state index is 9.73. The molecule has 2 aromatic rings. The lowest BCUT2D eigenvalue weighted by atomic mass is 10.0. The molecule has 0 amide bonds. The Hall–Kier alpha value is -2.20. The Balaban J connectivity index is 2.38. The minimum absolute atomic E-state index is 0.0342. The first-order valence-electron chi connectivity index (χ1n) is 7.10. The van der Waals surface area contributed by atoms with Crippen LogP contribution in [0, 0.1) is 0 Å². The fourth-order valence-corrected chi connectivity index (χ4v) is 2.55. The number of aromatic hydroxyl groups is 1. The molecule has 3 N–H and O–H groups in total. The van der Waals surface area contributed by atoms with Crippen molar-refractivity contribution in [3.8, 4) is 11.5 Å². The van der Waals surface area contributed by atoms with Gasteiger partial charge in [-0.3, -0.25) is 0 Å². The molecular weight excluding hydrogens is 264 g/mol. The van der Waals surface area contributed by atoms with Crippen molar-refractivity contribution in [3.05, 3.63) is 54.1 Å². The van der Waals surface area contributed by atoms with E-state index in [1.807, 2.05) is 30.3 Å². The predicted octanol–water partition coefficient (Wildman–Crippen LogP) is 2.93. The molecular formula is C17H22N2O2. The molecule has 0 radical (unpaired) electrons. The fraction of sp³-hybridized carbons (Fsp3) is 0.294. The molecule has 0 bridgehead atoms. The Morgan fingerprint density at radius 2 is 1.90 bits per heavy atom. The highest BCUT2D eigenvalue weighted by atomic mass is 16.5. The van der Waals surface area contributed by atoms with E-state index in [4.69, 9.17) is 10.5 Å². The molecule has 4 nitrogen and oxygen atoms in total. The Labute approximate surface area is 125 Å². The van der Waals surface area contributed by atoms with Gasteiger partial charge in [-0.1, -0.05) is 24.3 Å². The number of nitrogens with zero attached hydrogens (tertiary/aromatic N) is 1. The Bertz CT molecular complexity index is 572. The molecule has 0 aliphatic carbocycles. The third-order valence-electron chi connectivity index (χ3n) is 3.62. The lowest BCUT2D eigenvalue weighted by Crippen LogP contribution is -2.33. The number of anilines is 1. The number of phenols is 1. The molecule has 0 aliphatic heterocycles. The van der Waals surface area contributed by atoms with Gasteiger partial charge in [0.25, 0.3) is 0 Å². The monoisotopic (exact) mass is 286 g/mol. The average molecular weight is 286 g/mol. The van der Waals surface area contributed by atoms with Crippen LogP contribution in [0.15, 0.2) is 48.5 Å². The highest BCUT2D eigenvalue weighted by Crippen LogP contribution is 2.32. The molecule has 0 saturated heterocycles. The maximum absolute atomic E-state index is 9.73. The minimum atomic E-state index is 0.0342. The molecule has 0 heterocycles. The number of ether oxygens (including phenoxy) is 1. The predicted molar refractivity (Wildman–Crippen MR) is 85.9 cm³/mol. The third kappa shape index (κ3) is 3.28. The van der Waals surface area contributed by atoms with E-state index in [0.29, 0.717) is 12.3 Å². The van der Waals surface area contributed by atoms with Gasteiger partial charge in [-0.15, -0.1) is 0 Å². The van der Waals surface area contributed by atoms with E-state index in [-0.39, 0.29) is 11.8 Å². The third-order valence-corrected chi connectivity index (χ3v) is 3.62. The zero-order valence-electron chi connectivity index (χ0n) is 12.5. The first-order valence-corrected chi connectivity index (χ1v) is 7.10. The second kappa shape index (κ2) is 6.99. The molecule has 21 heavy (non-hydrogen) atoms. The van der Waals surface area contributed by atoms with Gasteiger partial charge in [0.2, 0.25) is 0 Å². The maximum Gasteiger partial charge on any atom is 0.160 e. The van der Waals surface area contributed by atoms with Gasteiger partial charge in [-0.25, -0.2) is 0 Å². The summed E-state index contributed by atoms with van der Waals surface area (Å²) in [6, 6.07) is 15.6. The van der Waals surface area contributed by atoms with Crippen LogP contribution in [-0.4, -0.2) is 25.3 Å². The second-order valence-corrected chi connectivity index (χ2v) is 4.80. The van der Waals surface area contributed by atoms with Crippen molar-refractivity contribution < 1.29 is 9.84 Å². The number of benzene rings is 2. The van der Waals surface area contributed by atoms with Crippen molar-refractivity contribution in [2.75, 3.05) is 25.1 Å². The highest BCUT2D eigenvalue weighted by molar-refractivity contribution is 5.51. The topological polar surface area (TPSA) is 58.7 Å². The van der Waals surface area contributed by atoms with Crippen molar-refractivity contribution in [1.82, 2.24) is 0 Å². The van der Waals surface area contributed by atoms with E-state index in [0.717, 1.165) is 17.8 Å². The van der Waals surface area contributed by atoms with Gasteiger partial charge in [-0.2, -0.15) is 0 Å². The van der Waals surface area contributed by atoms with E-state index < -0.39 is 0 Å². The Morgan fingerprint density at radius 1 is 1.19 bits per heavy atom. The summed E-state index contributed by atoms with van der Waals surface area (Å²) in [6.07, 6.45) is 0. The zero-order chi connectivity index (χ0) is 15.2. The highest BCUT2D eigenvalue weighted by Gasteiger charge is 2.19. The van der Waals surface area contributed by atoms with Gasteiger partial charge in [0.1, 0.15) is 0 Å². The van der Waals surface area contributed by atoms with Gasteiger partial charge in [0.05, 0.1) is 13.2 Å². The summed E-state index contributed by atoms with van der Waals surface area (Å²) >= 11 is 0. The van der Waals surface area contributed by atoms with Gasteiger partial charge < -0.3 is 20.5 Å². The molecule has 1 unspecified atom stereocenters. The lowest BCUT2D eigenvalue weighted by Gasteiger charge is -2.32. The molecule has 0 aromatic heterocycles. The molecule has 0 aliphatic rings. The molecule has 0 saturated carbocycles. The van der Waals surface area contributed by atoms with Gasteiger partial charge >= 0.3 is 0 Å². The number of nitrogens with two attached hydrogens (primary N) is 1.